The predicted molar refractivity (Wildman–Crippen MR) is 126 cm³/mol. The molecule has 0 bridgehead atoms. The topological polar surface area (TPSA) is 52.1 Å². The van der Waals surface area contributed by atoms with Gasteiger partial charge in [0.15, 0.2) is 5.96 Å². The normalized spacial score (nSPS) is 17.3. The molecule has 154 valence electrons. The third-order valence-corrected chi connectivity index (χ3v) is 5.11. The second kappa shape index (κ2) is 11.8. The summed E-state index contributed by atoms with van der Waals surface area (Å²) < 4.78 is 5.48. The van der Waals surface area contributed by atoms with Crippen LogP contribution in [-0.4, -0.2) is 70.3 Å². The Morgan fingerprint density at radius 1 is 1.44 bits per heavy atom. The largest absolute Gasteiger partial charge is 0.495 e. The van der Waals surface area contributed by atoms with Gasteiger partial charge in [0.2, 0.25) is 0 Å². The Bertz CT molecular complexity index is 614. The molecule has 1 fully saturated rings. The summed E-state index contributed by atoms with van der Waals surface area (Å²) in [5, 5.41) is 7.65. The van der Waals surface area contributed by atoms with Crippen LogP contribution in [0, 0.1) is 0 Å². The number of nitrogens with zero attached hydrogens (tertiary/aromatic N) is 3. The third kappa shape index (κ3) is 7.19. The minimum absolute atomic E-state index is 0. The van der Waals surface area contributed by atoms with Gasteiger partial charge in [-0.2, -0.15) is 0 Å². The first kappa shape index (κ1) is 24.1. The Hall–Kier alpha value is -0.930. The zero-order valence-electron chi connectivity index (χ0n) is 17.0. The van der Waals surface area contributed by atoms with Crippen LogP contribution < -0.4 is 20.3 Å². The third-order valence-electron chi connectivity index (χ3n) is 4.87. The van der Waals surface area contributed by atoms with Gasteiger partial charge in [0.25, 0.3) is 0 Å². The van der Waals surface area contributed by atoms with Gasteiger partial charge in [-0.05, 0) is 45.5 Å². The molecule has 1 aliphatic rings. The average molecular weight is 510 g/mol. The van der Waals surface area contributed by atoms with Crippen molar-refractivity contribution in [3.05, 3.63) is 23.2 Å². The maximum absolute atomic E-state index is 6.17. The quantitative estimate of drug-likeness (QED) is 0.336. The van der Waals surface area contributed by atoms with Crippen molar-refractivity contribution in [2.24, 2.45) is 4.99 Å². The molecule has 1 atom stereocenters. The lowest BCUT2D eigenvalue weighted by atomic mass is 10.2. The van der Waals surface area contributed by atoms with Gasteiger partial charge in [0, 0.05) is 50.3 Å². The van der Waals surface area contributed by atoms with E-state index < -0.39 is 0 Å². The molecule has 1 aromatic carbocycles. The average Bonchev–Trinajstić information content (AvgIpc) is 3.08. The monoisotopic (exact) mass is 509 g/mol. The number of guanidine groups is 1. The highest BCUT2D eigenvalue weighted by Gasteiger charge is 2.25. The van der Waals surface area contributed by atoms with Crippen molar-refractivity contribution in [3.63, 3.8) is 0 Å². The summed E-state index contributed by atoms with van der Waals surface area (Å²) in [5.41, 5.74) is 1.05. The zero-order chi connectivity index (χ0) is 19.1. The van der Waals surface area contributed by atoms with Gasteiger partial charge in [0.05, 0.1) is 12.8 Å². The molecular formula is C19H33ClIN5O. The van der Waals surface area contributed by atoms with E-state index in [-0.39, 0.29) is 24.0 Å². The van der Waals surface area contributed by atoms with Crippen LogP contribution in [0.2, 0.25) is 5.02 Å². The van der Waals surface area contributed by atoms with Crippen molar-refractivity contribution < 1.29 is 4.74 Å². The molecular weight excluding hydrogens is 477 g/mol. The first-order valence-corrected chi connectivity index (χ1v) is 9.58. The summed E-state index contributed by atoms with van der Waals surface area (Å²) in [5.74, 6) is 1.71. The van der Waals surface area contributed by atoms with Crippen LogP contribution in [0.5, 0.6) is 5.75 Å². The van der Waals surface area contributed by atoms with Gasteiger partial charge in [-0.15, -0.1) is 24.0 Å². The van der Waals surface area contributed by atoms with Crippen LogP contribution in [0.4, 0.5) is 5.69 Å². The van der Waals surface area contributed by atoms with Crippen molar-refractivity contribution in [2.45, 2.75) is 32.4 Å². The number of halogens is 2. The molecule has 27 heavy (non-hydrogen) atoms. The molecule has 0 aromatic heterocycles. The van der Waals surface area contributed by atoms with Crippen LogP contribution in [0.1, 0.15) is 20.3 Å². The number of methoxy groups -OCH3 is 1. The minimum Gasteiger partial charge on any atom is -0.495 e. The Kier molecular flexibility index (Phi) is 10.5. The maximum atomic E-state index is 6.17. The number of ether oxygens (including phenoxy) is 1. The van der Waals surface area contributed by atoms with Crippen molar-refractivity contribution in [1.82, 2.24) is 15.5 Å². The number of hydrogen-bond donors (Lipinski definition) is 2. The molecule has 1 aromatic rings. The van der Waals surface area contributed by atoms with Crippen LogP contribution in [0.15, 0.2) is 23.2 Å². The van der Waals surface area contributed by atoms with Gasteiger partial charge in [-0.3, -0.25) is 4.99 Å². The van der Waals surface area contributed by atoms with Gasteiger partial charge < -0.3 is 25.2 Å². The summed E-state index contributed by atoms with van der Waals surface area (Å²) in [6.45, 7) is 8.10. The zero-order valence-corrected chi connectivity index (χ0v) is 20.0. The van der Waals surface area contributed by atoms with E-state index in [0.717, 1.165) is 55.0 Å². The Morgan fingerprint density at radius 3 is 2.81 bits per heavy atom. The second-order valence-corrected chi connectivity index (χ2v) is 7.40. The fourth-order valence-corrected chi connectivity index (χ4v) is 3.17. The van der Waals surface area contributed by atoms with E-state index in [1.54, 1.807) is 7.11 Å². The molecule has 2 N–H and O–H groups in total. The molecule has 0 amide bonds. The highest BCUT2D eigenvalue weighted by Crippen LogP contribution is 2.33. The van der Waals surface area contributed by atoms with Crippen molar-refractivity contribution >= 4 is 47.2 Å². The summed E-state index contributed by atoms with van der Waals surface area (Å²) >= 11 is 6.17. The van der Waals surface area contributed by atoms with E-state index in [1.807, 2.05) is 25.2 Å². The highest BCUT2D eigenvalue weighted by atomic mass is 127. The van der Waals surface area contributed by atoms with Gasteiger partial charge >= 0.3 is 0 Å². The molecule has 1 heterocycles. The summed E-state index contributed by atoms with van der Waals surface area (Å²) in [6, 6.07) is 6.63. The van der Waals surface area contributed by atoms with Crippen molar-refractivity contribution in [1.29, 1.82) is 0 Å². The molecule has 0 aliphatic carbocycles. The van der Waals surface area contributed by atoms with Crippen molar-refractivity contribution in [2.75, 3.05) is 52.3 Å². The Morgan fingerprint density at radius 2 is 2.19 bits per heavy atom. The molecule has 2 rings (SSSR count). The number of likely N-dealkylation sites (N-methyl/N-ethyl adjacent to an activating group) is 1. The fourth-order valence-electron chi connectivity index (χ4n) is 3.00. The minimum atomic E-state index is 0. The summed E-state index contributed by atoms with van der Waals surface area (Å²) in [7, 11) is 5.64. The molecule has 1 saturated heterocycles. The van der Waals surface area contributed by atoms with Crippen LogP contribution >= 0.6 is 35.6 Å². The van der Waals surface area contributed by atoms with Gasteiger partial charge in [-0.1, -0.05) is 11.6 Å². The molecule has 0 spiro atoms. The Labute approximate surface area is 185 Å². The number of nitrogens with one attached hydrogen (secondary N) is 2. The molecule has 1 unspecified atom stereocenters. The number of aliphatic imine (C=N–C) groups is 1. The van der Waals surface area contributed by atoms with Crippen LogP contribution in [0.25, 0.3) is 0 Å². The standard InChI is InChI=1S/C19H32ClN5O.HI/c1-14(2)24(4)11-9-22-19(21-3)23-16-8-10-25(13-16)17-12-15(20)6-7-18(17)26-5;/h6-7,12,14,16H,8-11,13H2,1-5H3,(H2,21,22,23);1H. The number of benzene rings is 1. The van der Waals surface area contributed by atoms with Crippen molar-refractivity contribution in [3.8, 4) is 5.75 Å². The van der Waals surface area contributed by atoms with E-state index >= 15 is 0 Å². The Balaban J connectivity index is 0.00000364. The maximum Gasteiger partial charge on any atom is 0.191 e. The van der Waals surface area contributed by atoms with Gasteiger partial charge in [-0.25, -0.2) is 0 Å². The number of rotatable bonds is 7. The number of anilines is 1. The molecule has 0 saturated carbocycles. The summed E-state index contributed by atoms with van der Waals surface area (Å²) in [6.07, 6.45) is 1.04. The molecule has 0 radical (unpaired) electrons. The first-order valence-electron chi connectivity index (χ1n) is 9.20. The van der Waals surface area contributed by atoms with Gasteiger partial charge in [0.1, 0.15) is 5.75 Å². The molecule has 8 heteroatoms. The number of hydrogen-bond acceptors (Lipinski definition) is 4. The predicted octanol–water partition coefficient (Wildman–Crippen LogP) is 3.05. The lowest BCUT2D eigenvalue weighted by Crippen LogP contribution is -2.46. The fraction of sp³-hybridized carbons (Fsp3) is 0.632. The smallest absolute Gasteiger partial charge is 0.191 e. The lowest BCUT2D eigenvalue weighted by molar-refractivity contribution is 0.278. The van der Waals surface area contributed by atoms with E-state index in [9.17, 15) is 0 Å². The van der Waals surface area contributed by atoms with E-state index in [0.29, 0.717) is 12.1 Å². The second-order valence-electron chi connectivity index (χ2n) is 6.97. The van der Waals surface area contributed by atoms with Crippen LogP contribution in [0.3, 0.4) is 0 Å². The van der Waals surface area contributed by atoms with E-state index in [1.165, 1.54) is 0 Å². The SMILES string of the molecule is CN=C(NCCN(C)C(C)C)NC1CCN(c2cc(Cl)ccc2OC)C1.I. The van der Waals surface area contributed by atoms with Crippen LogP contribution in [-0.2, 0) is 0 Å². The summed E-state index contributed by atoms with van der Waals surface area (Å²) in [4.78, 5) is 8.97. The lowest BCUT2D eigenvalue weighted by Gasteiger charge is -2.23. The highest BCUT2D eigenvalue weighted by molar-refractivity contribution is 14.0. The first-order chi connectivity index (χ1) is 12.4. The van der Waals surface area contributed by atoms with E-state index in [4.69, 9.17) is 16.3 Å². The van der Waals surface area contributed by atoms with E-state index in [2.05, 4.69) is 46.3 Å². The molecule has 6 nitrogen and oxygen atoms in total. The molecule has 1 aliphatic heterocycles.